The largest absolute Gasteiger partial charge is 0.486 e. The topological polar surface area (TPSA) is 48.0 Å². The number of amides is 1. The molecule has 0 radical (unpaired) electrons. The minimum absolute atomic E-state index is 0.0702. The van der Waals surface area contributed by atoms with Crippen molar-refractivity contribution >= 4 is 23.7 Å². The molecule has 0 N–H and O–H groups in total. The molecule has 2 aliphatic rings. The summed E-state index contributed by atoms with van der Waals surface area (Å²) in [7, 11) is 0. The van der Waals surface area contributed by atoms with Gasteiger partial charge >= 0.3 is 6.18 Å². The van der Waals surface area contributed by atoms with Crippen molar-refractivity contribution in [2.45, 2.75) is 16.0 Å². The molecule has 1 amide bonds. The zero-order valence-corrected chi connectivity index (χ0v) is 17.3. The van der Waals surface area contributed by atoms with Crippen molar-refractivity contribution in [1.82, 2.24) is 4.90 Å². The molecule has 0 bridgehead atoms. The maximum absolute atomic E-state index is 13.7. The second kappa shape index (κ2) is 9.23. The molecule has 2 heterocycles. The van der Waals surface area contributed by atoms with Gasteiger partial charge < -0.3 is 19.1 Å². The molecule has 1 fully saturated rings. The van der Waals surface area contributed by atoms with Gasteiger partial charge in [0.25, 0.3) is 0 Å². The van der Waals surface area contributed by atoms with Gasteiger partial charge in [-0.2, -0.15) is 13.2 Å². The predicted molar refractivity (Wildman–Crippen MR) is 109 cm³/mol. The Labute approximate surface area is 181 Å². The lowest BCUT2D eigenvalue weighted by atomic mass is 10.1. The number of hydrogen-bond acceptors (Lipinski definition) is 5. The highest BCUT2D eigenvalue weighted by Gasteiger charge is 2.34. The van der Waals surface area contributed by atoms with Crippen molar-refractivity contribution in [2.24, 2.45) is 0 Å². The van der Waals surface area contributed by atoms with Crippen LogP contribution in [0.5, 0.6) is 11.5 Å². The predicted octanol–water partition coefficient (Wildman–Crippen LogP) is 4.50. The molecule has 0 atom stereocenters. The van der Waals surface area contributed by atoms with E-state index in [0.717, 1.165) is 17.8 Å². The highest BCUT2D eigenvalue weighted by Crippen LogP contribution is 2.42. The van der Waals surface area contributed by atoms with E-state index in [1.54, 1.807) is 29.2 Å². The molecule has 0 aromatic heterocycles. The molecular weight excluding hydrogens is 431 g/mol. The van der Waals surface area contributed by atoms with Gasteiger partial charge in [0, 0.05) is 29.0 Å². The monoisotopic (exact) mass is 451 g/mol. The molecule has 2 aliphatic heterocycles. The van der Waals surface area contributed by atoms with Crippen molar-refractivity contribution in [2.75, 3.05) is 39.5 Å². The SMILES string of the molecule is O=C(/C=C\c1ccc(Sc2ccc3c(c2)OCCO3)c(C(F)(F)F)c1)N1CCOCC1. The third-order valence-electron chi connectivity index (χ3n) is 4.79. The number of benzene rings is 2. The first kappa shape index (κ1) is 21.6. The van der Waals surface area contributed by atoms with Crippen LogP contribution >= 0.6 is 11.8 Å². The lowest BCUT2D eigenvalue weighted by Crippen LogP contribution is -2.39. The van der Waals surface area contributed by atoms with E-state index in [4.69, 9.17) is 14.2 Å². The van der Waals surface area contributed by atoms with E-state index in [0.29, 0.717) is 61.5 Å². The molecule has 0 spiro atoms. The molecule has 2 aromatic carbocycles. The van der Waals surface area contributed by atoms with Gasteiger partial charge in [-0.15, -0.1) is 0 Å². The summed E-state index contributed by atoms with van der Waals surface area (Å²) in [6.45, 7) is 2.72. The van der Waals surface area contributed by atoms with Crippen LogP contribution in [-0.4, -0.2) is 50.3 Å². The van der Waals surface area contributed by atoms with E-state index in [9.17, 15) is 18.0 Å². The molecule has 164 valence electrons. The molecule has 0 unspecified atom stereocenters. The zero-order chi connectivity index (χ0) is 21.8. The van der Waals surface area contributed by atoms with Crippen LogP contribution in [0, 0.1) is 0 Å². The van der Waals surface area contributed by atoms with Gasteiger partial charge in [0.1, 0.15) is 13.2 Å². The minimum Gasteiger partial charge on any atom is -0.486 e. The fraction of sp³-hybridized carbons (Fsp3) is 0.318. The van der Waals surface area contributed by atoms with E-state index in [2.05, 4.69) is 0 Å². The Kier molecular flexibility index (Phi) is 6.43. The molecule has 0 saturated carbocycles. The van der Waals surface area contributed by atoms with Gasteiger partial charge in [0.05, 0.1) is 18.8 Å². The number of fused-ring (bicyclic) bond motifs is 1. The Balaban J connectivity index is 1.54. The van der Waals surface area contributed by atoms with Gasteiger partial charge in [0.15, 0.2) is 11.5 Å². The second-order valence-electron chi connectivity index (χ2n) is 6.93. The lowest BCUT2D eigenvalue weighted by molar-refractivity contribution is -0.139. The number of carbonyl (C=O) groups excluding carboxylic acids is 1. The summed E-state index contributed by atoms with van der Waals surface area (Å²) in [5, 5.41) is 0. The zero-order valence-electron chi connectivity index (χ0n) is 16.5. The standard InChI is InChI=1S/C22H20F3NO4S/c23-22(24,25)17-13-15(2-6-21(27)26-7-9-28-10-8-26)1-5-20(17)31-16-3-4-18-19(14-16)30-12-11-29-18/h1-6,13-14H,7-12H2/b6-2-. The number of halogens is 3. The fourth-order valence-corrected chi connectivity index (χ4v) is 4.21. The number of rotatable bonds is 4. The first-order valence-corrected chi connectivity index (χ1v) is 10.6. The highest BCUT2D eigenvalue weighted by molar-refractivity contribution is 7.99. The Hall–Kier alpha value is -2.65. The molecule has 5 nitrogen and oxygen atoms in total. The van der Waals surface area contributed by atoms with Crippen LogP contribution in [0.3, 0.4) is 0 Å². The average molecular weight is 451 g/mol. The Morgan fingerprint density at radius 3 is 2.45 bits per heavy atom. The van der Waals surface area contributed by atoms with Crippen LogP contribution in [0.25, 0.3) is 6.08 Å². The van der Waals surface area contributed by atoms with Crippen molar-refractivity contribution in [3.05, 3.63) is 53.6 Å². The summed E-state index contributed by atoms with van der Waals surface area (Å²) in [5.74, 6) is 0.856. The number of hydrogen-bond donors (Lipinski definition) is 0. The van der Waals surface area contributed by atoms with Crippen LogP contribution in [0.15, 0.2) is 52.3 Å². The maximum atomic E-state index is 13.7. The molecule has 0 aliphatic carbocycles. The van der Waals surface area contributed by atoms with Gasteiger partial charge in [-0.1, -0.05) is 17.8 Å². The minimum atomic E-state index is -4.53. The van der Waals surface area contributed by atoms with Crippen LogP contribution in [0.1, 0.15) is 11.1 Å². The molecule has 2 aromatic rings. The molecule has 4 rings (SSSR count). The van der Waals surface area contributed by atoms with Crippen LogP contribution in [-0.2, 0) is 15.7 Å². The first-order valence-electron chi connectivity index (χ1n) is 9.74. The summed E-state index contributed by atoms with van der Waals surface area (Å²) in [4.78, 5) is 14.5. The Bertz CT molecular complexity index is 987. The summed E-state index contributed by atoms with van der Waals surface area (Å²) in [5.41, 5.74) is -0.450. The average Bonchev–Trinajstić information content (AvgIpc) is 2.78. The third-order valence-corrected chi connectivity index (χ3v) is 5.86. The first-order chi connectivity index (χ1) is 14.9. The van der Waals surface area contributed by atoms with Gasteiger partial charge in [-0.05, 0) is 42.0 Å². The summed E-state index contributed by atoms with van der Waals surface area (Å²) < 4.78 is 57.3. The summed E-state index contributed by atoms with van der Waals surface area (Å²) >= 11 is 1.00. The van der Waals surface area contributed by atoms with E-state index < -0.39 is 11.7 Å². The maximum Gasteiger partial charge on any atom is 0.417 e. The second-order valence-corrected chi connectivity index (χ2v) is 8.05. The number of carbonyl (C=O) groups is 1. The number of alkyl halides is 3. The van der Waals surface area contributed by atoms with E-state index in [1.165, 1.54) is 18.2 Å². The third kappa shape index (κ3) is 5.34. The Morgan fingerprint density at radius 1 is 0.968 bits per heavy atom. The summed E-state index contributed by atoms with van der Waals surface area (Å²) in [6, 6.07) is 9.12. The fourth-order valence-electron chi connectivity index (χ4n) is 3.23. The van der Waals surface area contributed by atoms with Crippen molar-refractivity contribution < 1.29 is 32.2 Å². The normalized spacial score (nSPS) is 16.5. The summed E-state index contributed by atoms with van der Waals surface area (Å²) in [6.07, 6.45) is -1.83. The van der Waals surface area contributed by atoms with Crippen LogP contribution < -0.4 is 9.47 Å². The lowest BCUT2D eigenvalue weighted by Gasteiger charge is -2.25. The molecule has 31 heavy (non-hydrogen) atoms. The van der Waals surface area contributed by atoms with Crippen molar-refractivity contribution in [3.8, 4) is 11.5 Å². The van der Waals surface area contributed by atoms with Crippen LogP contribution in [0.4, 0.5) is 13.2 Å². The molecule has 9 heteroatoms. The highest BCUT2D eigenvalue weighted by atomic mass is 32.2. The van der Waals surface area contributed by atoms with Gasteiger partial charge in [-0.3, -0.25) is 4.79 Å². The number of ether oxygens (including phenoxy) is 3. The van der Waals surface area contributed by atoms with E-state index >= 15 is 0 Å². The van der Waals surface area contributed by atoms with E-state index in [1.807, 2.05) is 0 Å². The van der Waals surface area contributed by atoms with E-state index in [-0.39, 0.29) is 10.8 Å². The Morgan fingerprint density at radius 2 is 1.71 bits per heavy atom. The van der Waals surface area contributed by atoms with Gasteiger partial charge in [0.2, 0.25) is 5.91 Å². The van der Waals surface area contributed by atoms with Crippen molar-refractivity contribution in [1.29, 1.82) is 0 Å². The molecule has 1 saturated heterocycles. The smallest absolute Gasteiger partial charge is 0.417 e. The number of morpholine rings is 1. The molecular formula is C22H20F3NO4S. The van der Waals surface area contributed by atoms with Crippen molar-refractivity contribution in [3.63, 3.8) is 0 Å². The van der Waals surface area contributed by atoms with Crippen LogP contribution in [0.2, 0.25) is 0 Å². The number of nitrogens with zero attached hydrogens (tertiary/aromatic N) is 1. The quantitative estimate of drug-likeness (QED) is 0.641. The van der Waals surface area contributed by atoms with Gasteiger partial charge in [-0.25, -0.2) is 0 Å².